The molecule has 0 spiro atoms. The summed E-state index contributed by atoms with van der Waals surface area (Å²) in [6.45, 7) is 3.04. The Labute approximate surface area is 130 Å². The van der Waals surface area contributed by atoms with E-state index in [0.29, 0.717) is 11.8 Å². The summed E-state index contributed by atoms with van der Waals surface area (Å²) in [5.41, 5.74) is 0. The van der Waals surface area contributed by atoms with Crippen molar-refractivity contribution in [3.05, 3.63) is 29.9 Å². The van der Waals surface area contributed by atoms with Gasteiger partial charge in [-0.1, -0.05) is 5.16 Å². The first kappa shape index (κ1) is 13.9. The fourth-order valence-electron chi connectivity index (χ4n) is 3.34. The van der Waals surface area contributed by atoms with Gasteiger partial charge in [0.15, 0.2) is 5.82 Å². The molecule has 0 amide bonds. The topological polar surface area (TPSA) is 60.0 Å². The van der Waals surface area contributed by atoms with Crippen molar-refractivity contribution in [1.82, 2.24) is 24.6 Å². The minimum Gasteiger partial charge on any atom is -0.339 e. The van der Waals surface area contributed by atoms with Crippen LogP contribution in [0.4, 0.5) is 0 Å². The standard InChI is InChI=1S/C16H23N5O/c1-20-8-6-17-15(20)9-12-3-2-7-21(10-12)11-14-18-16(22-19-14)13-4-5-13/h6,8,12-13H,2-5,7,9-11H2,1H3/t12-/m0/s1. The van der Waals surface area contributed by atoms with E-state index in [1.165, 1.54) is 31.5 Å². The zero-order chi connectivity index (χ0) is 14.9. The van der Waals surface area contributed by atoms with E-state index in [9.17, 15) is 0 Å². The highest BCUT2D eigenvalue weighted by Gasteiger charge is 2.30. The van der Waals surface area contributed by atoms with Crippen LogP contribution >= 0.6 is 0 Å². The van der Waals surface area contributed by atoms with Crippen molar-refractivity contribution in [2.45, 2.75) is 44.6 Å². The Morgan fingerprint density at radius 1 is 1.32 bits per heavy atom. The molecule has 2 aromatic heterocycles. The minimum absolute atomic E-state index is 0.541. The van der Waals surface area contributed by atoms with Crippen LogP contribution in [-0.4, -0.2) is 37.7 Å². The van der Waals surface area contributed by atoms with Gasteiger partial charge in [-0.05, 0) is 38.1 Å². The summed E-state index contributed by atoms with van der Waals surface area (Å²) in [6.07, 6.45) is 9.89. The third kappa shape index (κ3) is 3.06. The lowest BCUT2D eigenvalue weighted by atomic mass is 9.94. The van der Waals surface area contributed by atoms with Gasteiger partial charge in [-0.2, -0.15) is 4.98 Å². The molecule has 3 heterocycles. The molecule has 0 bridgehead atoms. The fourth-order valence-corrected chi connectivity index (χ4v) is 3.34. The van der Waals surface area contributed by atoms with E-state index in [0.717, 1.165) is 37.8 Å². The van der Waals surface area contributed by atoms with Crippen molar-refractivity contribution in [2.75, 3.05) is 13.1 Å². The van der Waals surface area contributed by atoms with Gasteiger partial charge in [0.2, 0.25) is 5.89 Å². The minimum atomic E-state index is 0.541. The average Bonchev–Trinajstić information content (AvgIpc) is 3.14. The molecule has 4 rings (SSSR count). The number of aromatic nitrogens is 4. The van der Waals surface area contributed by atoms with Crippen molar-refractivity contribution in [2.24, 2.45) is 13.0 Å². The fraction of sp³-hybridized carbons (Fsp3) is 0.688. The number of hydrogen-bond acceptors (Lipinski definition) is 5. The Morgan fingerprint density at radius 2 is 2.23 bits per heavy atom. The molecular formula is C16H23N5O. The van der Waals surface area contributed by atoms with Gasteiger partial charge in [0.05, 0.1) is 6.54 Å². The number of aryl methyl sites for hydroxylation is 1. The van der Waals surface area contributed by atoms with Gasteiger partial charge in [-0.3, -0.25) is 4.90 Å². The van der Waals surface area contributed by atoms with Crippen LogP contribution in [0.1, 0.15) is 49.1 Å². The first-order chi connectivity index (χ1) is 10.8. The second-order valence-electron chi connectivity index (χ2n) is 6.72. The molecule has 1 atom stereocenters. The lowest BCUT2D eigenvalue weighted by molar-refractivity contribution is 0.160. The maximum Gasteiger partial charge on any atom is 0.229 e. The highest BCUT2D eigenvalue weighted by molar-refractivity contribution is 5.02. The van der Waals surface area contributed by atoms with Crippen LogP contribution in [0.5, 0.6) is 0 Å². The summed E-state index contributed by atoms with van der Waals surface area (Å²) in [5, 5.41) is 4.14. The van der Waals surface area contributed by atoms with Crippen molar-refractivity contribution in [3.8, 4) is 0 Å². The van der Waals surface area contributed by atoms with Gasteiger partial charge in [0.1, 0.15) is 5.82 Å². The first-order valence-electron chi connectivity index (χ1n) is 8.29. The molecule has 0 radical (unpaired) electrons. The van der Waals surface area contributed by atoms with Gasteiger partial charge in [0, 0.05) is 38.3 Å². The zero-order valence-electron chi connectivity index (χ0n) is 13.1. The normalized spacial score (nSPS) is 23.0. The summed E-state index contributed by atoms with van der Waals surface area (Å²) < 4.78 is 7.48. The van der Waals surface area contributed by atoms with E-state index in [-0.39, 0.29) is 0 Å². The molecule has 0 unspecified atom stereocenters. The quantitative estimate of drug-likeness (QED) is 0.846. The van der Waals surface area contributed by atoms with Crippen molar-refractivity contribution in [1.29, 1.82) is 0 Å². The van der Waals surface area contributed by atoms with Gasteiger partial charge in [0.25, 0.3) is 0 Å². The van der Waals surface area contributed by atoms with Crippen LogP contribution in [0.2, 0.25) is 0 Å². The number of hydrogen-bond donors (Lipinski definition) is 0. The van der Waals surface area contributed by atoms with Gasteiger partial charge in [-0.15, -0.1) is 0 Å². The lowest BCUT2D eigenvalue weighted by Gasteiger charge is -2.31. The largest absolute Gasteiger partial charge is 0.339 e. The SMILES string of the molecule is Cn1ccnc1C[C@@H]1CCCN(Cc2noc(C3CC3)n2)C1. The molecule has 2 fully saturated rings. The molecule has 2 aromatic rings. The van der Waals surface area contributed by atoms with Crippen LogP contribution in [0, 0.1) is 5.92 Å². The van der Waals surface area contributed by atoms with Crippen molar-refractivity contribution in [3.63, 3.8) is 0 Å². The molecule has 1 aliphatic carbocycles. The summed E-state index contributed by atoms with van der Waals surface area (Å²) in [6, 6.07) is 0. The van der Waals surface area contributed by atoms with E-state index < -0.39 is 0 Å². The number of imidazole rings is 1. The third-order valence-electron chi connectivity index (χ3n) is 4.77. The zero-order valence-corrected chi connectivity index (χ0v) is 13.1. The predicted octanol–water partition coefficient (Wildman–Crippen LogP) is 2.14. The molecule has 0 aromatic carbocycles. The average molecular weight is 301 g/mol. The van der Waals surface area contributed by atoms with Crippen LogP contribution in [0.25, 0.3) is 0 Å². The van der Waals surface area contributed by atoms with E-state index in [4.69, 9.17) is 4.52 Å². The summed E-state index contributed by atoms with van der Waals surface area (Å²) >= 11 is 0. The second kappa shape index (κ2) is 5.83. The van der Waals surface area contributed by atoms with Crippen LogP contribution in [-0.2, 0) is 20.0 Å². The first-order valence-corrected chi connectivity index (χ1v) is 8.29. The van der Waals surface area contributed by atoms with Crippen molar-refractivity contribution >= 4 is 0 Å². The van der Waals surface area contributed by atoms with Crippen LogP contribution in [0.15, 0.2) is 16.9 Å². The predicted molar refractivity (Wildman–Crippen MR) is 81.2 cm³/mol. The highest BCUT2D eigenvalue weighted by atomic mass is 16.5. The van der Waals surface area contributed by atoms with Gasteiger partial charge in [-0.25, -0.2) is 4.98 Å². The Morgan fingerprint density at radius 3 is 3.00 bits per heavy atom. The highest BCUT2D eigenvalue weighted by Crippen LogP contribution is 2.38. The molecular weight excluding hydrogens is 278 g/mol. The van der Waals surface area contributed by atoms with E-state index in [1.54, 1.807) is 0 Å². The van der Waals surface area contributed by atoms with E-state index in [2.05, 4.69) is 31.6 Å². The smallest absolute Gasteiger partial charge is 0.229 e. The van der Waals surface area contributed by atoms with E-state index >= 15 is 0 Å². The van der Waals surface area contributed by atoms with Gasteiger partial charge < -0.3 is 9.09 Å². The Hall–Kier alpha value is -1.69. The number of nitrogens with zero attached hydrogens (tertiary/aromatic N) is 5. The molecule has 1 saturated heterocycles. The third-order valence-corrected chi connectivity index (χ3v) is 4.77. The Kier molecular flexibility index (Phi) is 3.70. The molecule has 2 aliphatic rings. The second-order valence-corrected chi connectivity index (χ2v) is 6.72. The van der Waals surface area contributed by atoms with Crippen LogP contribution in [0.3, 0.4) is 0 Å². The number of likely N-dealkylation sites (tertiary alicyclic amines) is 1. The Bertz CT molecular complexity index is 630. The molecule has 1 aliphatic heterocycles. The Balaban J connectivity index is 1.34. The molecule has 22 heavy (non-hydrogen) atoms. The summed E-state index contributed by atoms with van der Waals surface area (Å²) in [4.78, 5) is 11.5. The molecule has 6 nitrogen and oxygen atoms in total. The summed E-state index contributed by atoms with van der Waals surface area (Å²) in [5.74, 6) is 4.09. The lowest BCUT2D eigenvalue weighted by Crippen LogP contribution is -2.36. The monoisotopic (exact) mass is 301 g/mol. The summed E-state index contributed by atoms with van der Waals surface area (Å²) in [7, 11) is 2.07. The van der Waals surface area contributed by atoms with Gasteiger partial charge >= 0.3 is 0 Å². The maximum absolute atomic E-state index is 5.36. The van der Waals surface area contributed by atoms with Crippen LogP contribution < -0.4 is 0 Å². The molecule has 6 heteroatoms. The van der Waals surface area contributed by atoms with Crippen molar-refractivity contribution < 1.29 is 4.52 Å². The molecule has 1 saturated carbocycles. The molecule has 0 N–H and O–H groups in total. The number of piperidine rings is 1. The van der Waals surface area contributed by atoms with E-state index in [1.807, 2.05) is 12.4 Å². The number of rotatable bonds is 5. The maximum atomic E-state index is 5.36. The molecule has 118 valence electrons.